The monoisotopic (exact) mass is 255 g/mol. The highest BCUT2D eigenvalue weighted by Gasteiger charge is 1.98. The van der Waals surface area contributed by atoms with Crippen molar-refractivity contribution in [2.75, 3.05) is 0 Å². The molecule has 55 valence electrons. The van der Waals surface area contributed by atoms with E-state index in [1.165, 1.54) is 3.57 Å². The zero-order valence-electron chi connectivity index (χ0n) is 6.10. The molecule has 0 spiro atoms. The Morgan fingerprint density at radius 1 is 1.45 bits per heavy atom. The Kier molecular flexibility index (Phi) is 2.88. The summed E-state index contributed by atoms with van der Waals surface area (Å²) in [6, 6.07) is 6.01. The summed E-state index contributed by atoms with van der Waals surface area (Å²) in [5.41, 5.74) is 2.13. The third-order valence-electron chi connectivity index (χ3n) is 1.45. The minimum atomic E-state index is 1.02. The lowest BCUT2D eigenvalue weighted by Crippen LogP contribution is -1.84. The van der Waals surface area contributed by atoms with E-state index in [0.29, 0.717) is 0 Å². The van der Waals surface area contributed by atoms with Crippen molar-refractivity contribution in [3.63, 3.8) is 0 Å². The van der Waals surface area contributed by atoms with Crippen LogP contribution in [0.2, 0.25) is 0 Å². The second kappa shape index (κ2) is 3.72. The highest BCUT2D eigenvalue weighted by molar-refractivity contribution is 14.1. The average molecular weight is 255 g/mol. The van der Waals surface area contributed by atoms with Crippen LogP contribution in [0.3, 0.4) is 0 Å². The molecule has 11 heavy (non-hydrogen) atoms. The van der Waals surface area contributed by atoms with Gasteiger partial charge in [0.25, 0.3) is 0 Å². The van der Waals surface area contributed by atoms with E-state index in [1.807, 2.05) is 24.3 Å². The SMILES string of the molecule is C=[C]c1cccc(I)c1C=C. The van der Waals surface area contributed by atoms with Crippen LogP contribution < -0.4 is 0 Å². The molecule has 0 saturated carbocycles. The van der Waals surface area contributed by atoms with E-state index in [0.717, 1.165) is 11.1 Å². The van der Waals surface area contributed by atoms with Crippen LogP contribution in [0.25, 0.3) is 6.08 Å². The third kappa shape index (κ3) is 1.71. The molecule has 1 aromatic carbocycles. The van der Waals surface area contributed by atoms with Gasteiger partial charge < -0.3 is 0 Å². The summed E-state index contributed by atoms with van der Waals surface area (Å²) < 4.78 is 1.19. The lowest BCUT2D eigenvalue weighted by molar-refractivity contribution is 1.50. The fraction of sp³-hybridized carbons (Fsp3) is 0. The molecule has 0 heterocycles. The van der Waals surface area contributed by atoms with E-state index >= 15 is 0 Å². The lowest BCUT2D eigenvalue weighted by Gasteiger charge is -2.01. The van der Waals surface area contributed by atoms with Crippen molar-refractivity contribution >= 4 is 28.7 Å². The summed E-state index contributed by atoms with van der Waals surface area (Å²) in [5.74, 6) is 0. The molecule has 0 N–H and O–H groups in total. The summed E-state index contributed by atoms with van der Waals surface area (Å²) in [5, 5.41) is 0. The molecule has 0 unspecified atom stereocenters. The van der Waals surface area contributed by atoms with Crippen LogP contribution in [0.4, 0.5) is 0 Å². The van der Waals surface area contributed by atoms with E-state index in [9.17, 15) is 0 Å². The van der Waals surface area contributed by atoms with E-state index < -0.39 is 0 Å². The van der Waals surface area contributed by atoms with Crippen LogP contribution in [-0.2, 0) is 0 Å². The normalized spacial score (nSPS) is 9.18. The maximum atomic E-state index is 3.73. The first-order valence-electron chi connectivity index (χ1n) is 3.23. The largest absolute Gasteiger partial charge is 0.0984 e. The highest BCUT2D eigenvalue weighted by Crippen LogP contribution is 2.17. The van der Waals surface area contributed by atoms with Crippen molar-refractivity contribution < 1.29 is 0 Å². The lowest BCUT2D eigenvalue weighted by atomic mass is 10.1. The minimum absolute atomic E-state index is 1.02. The maximum absolute atomic E-state index is 3.73. The van der Waals surface area contributed by atoms with Crippen LogP contribution in [0.1, 0.15) is 11.1 Å². The summed E-state index contributed by atoms with van der Waals surface area (Å²) >= 11 is 2.27. The standard InChI is InChI=1S/C10H8I/c1-3-8-6-5-7-10(11)9(8)4-2/h4-7H,1-2H2. The maximum Gasteiger partial charge on any atom is 0.0208 e. The van der Waals surface area contributed by atoms with Gasteiger partial charge in [-0.25, -0.2) is 0 Å². The molecule has 0 amide bonds. The Hall–Kier alpha value is -0.570. The van der Waals surface area contributed by atoms with Crippen molar-refractivity contribution in [3.05, 3.63) is 52.1 Å². The number of hydrogen-bond acceptors (Lipinski definition) is 0. The summed E-state index contributed by atoms with van der Waals surface area (Å²) in [6.07, 6.45) is 4.69. The van der Waals surface area contributed by atoms with E-state index in [-0.39, 0.29) is 0 Å². The van der Waals surface area contributed by atoms with Gasteiger partial charge in [-0.05, 0) is 45.9 Å². The Bertz CT molecular complexity index is 287. The molecule has 0 aliphatic rings. The van der Waals surface area contributed by atoms with E-state index in [1.54, 1.807) is 0 Å². The first-order valence-corrected chi connectivity index (χ1v) is 4.31. The first kappa shape index (κ1) is 8.53. The number of benzene rings is 1. The third-order valence-corrected chi connectivity index (χ3v) is 2.39. The van der Waals surface area contributed by atoms with Gasteiger partial charge >= 0.3 is 0 Å². The van der Waals surface area contributed by atoms with Crippen molar-refractivity contribution in [2.45, 2.75) is 0 Å². The van der Waals surface area contributed by atoms with Crippen LogP contribution in [0.15, 0.2) is 31.4 Å². The van der Waals surface area contributed by atoms with Gasteiger partial charge in [-0.3, -0.25) is 0 Å². The van der Waals surface area contributed by atoms with Gasteiger partial charge in [-0.2, -0.15) is 0 Å². The molecule has 0 bridgehead atoms. The summed E-state index contributed by atoms with van der Waals surface area (Å²) in [7, 11) is 0. The second-order valence-electron chi connectivity index (χ2n) is 2.08. The smallest absolute Gasteiger partial charge is 0.0208 e. The molecule has 1 aromatic rings. The van der Waals surface area contributed by atoms with E-state index in [2.05, 4.69) is 41.8 Å². The quantitative estimate of drug-likeness (QED) is 0.711. The molecule has 0 nitrogen and oxygen atoms in total. The van der Waals surface area contributed by atoms with Gasteiger partial charge in [-0.15, -0.1) is 0 Å². The number of hydrogen-bond donors (Lipinski definition) is 0. The molecule has 0 atom stereocenters. The van der Waals surface area contributed by atoms with Gasteiger partial charge in [0.2, 0.25) is 0 Å². The Morgan fingerprint density at radius 2 is 2.18 bits per heavy atom. The second-order valence-corrected chi connectivity index (χ2v) is 3.24. The zero-order valence-corrected chi connectivity index (χ0v) is 8.26. The molecule has 1 rings (SSSR count). The highest BCUT2D eigenvalue weighted by atomic mass is 127. The Morgan fingerprint density at radius 3 is 2.64 bits per heavy atom. The fourth-order valence-corrected chi connectivity index (χ4v) is 1.62. The van der Waals surface area contributed by atoms with Crippen molar-refractivity contribution in [2.24, 2.45) is 0 Å². The van der Waals surface area contributed by atoms with Crippen molar-refractivity contribution in [1.82, 2.24) is 0 Å². The van der Waals surface area contributed by atoms with E-state index in [4.69, 9.17) is 0 Å². The van der Waals surface area contributed by atoms with Gasteiger partial charge in [0.15, 0.2) is 0 Å². The van der Waals surface area contributed by atoms with Crippen LogP contribution >= 0.6 is 22.6 Å². The Labute approximate surface area is 80.8 Å². The van der Waals surface area contributed by atoms with Gasteiger partial charge in [-0.1, -0.05) is 31.4 Å². The van der Waals surface area contributed by atoms with Crippen molar-refractivity contribution in [3.8, 4) is 0 Å². The summed E-state index contributed by atoms with van der Waals surface area (Å²) in [6.45, 7) is 7.33. The van der Waals surface area contributed by atoms with Crippen LogP contribution in [0, 0.1) is 9.65 Å². The molecule has 0 aliphatic heterocycles. The zero-order chi connectivity index (χ0) is 8.27. The number of halogens is 1. The van der Waals surface area contributed by atoms with Crippen molar-refractivity contribution in [1.29, 1.82) is 0 Å². The van der Waals surface area contributed by atoms with Crippen LogP contribution in [-0.4, -0.2) is 0 Å². The average Bonchev–Trinajstić information content (AvgIpc) is 2.04. The molecule has 1 heteroatoms. The fourth-order valence-electron chi connectivity index (χ4n) is 0.899. The predicted octanol–water partition coefficient (Wildman–Crippen LogP) is 3.27. The topological polar surface area (TPSA) is 0 Å². The first-order chi connectivity index (χ1) is 5.29. The minimum Gasteiger partial charge on any atom is -0.0984 e. The molecular weight excluding hydrogens is 247 g/mol. The molecule has 0 fully saturated rings. The molecule has 0 aliphatic carbocycles. The van der Waals surface area contributed by atoms with Gasteiger partial charge in [0.05, 0.1) is 0 Å². The Balaban J connectivity index is 3.35. The molecule has 0 aromatic heterocycles. The molecule has 0 saturated heterocycles. The molecular formula is C10H8I. The van der Waals surface area contributed by atoms with Crippen LogP contribution in [0.5, 0.6) is 0 Å². The predicted molar refractivity (Wildman–Crippen MR) is 57.2 cm³/mol. The summed E-state index contributed by atoms with van der Waals surface area (Å²) in [4.78, 5) is 0. The molecule has 1 radical (unpaired) electrons. The van der Waals surface area contributed by atoms with Gasteiger partial charge in [0, 0.05) is 3.57 Å². The number of rotatable bonds is 2. The van der Waals surface area contributed by atoms with Gasteiger partial charge in [0.1, 0.15) is 0 Å².